The maximum absolute atomic E-state index is 5.81. The van der Waals surface area contributed by atoms with Crippen LogP contribution in [0.3, 0.4) is 0 Å². The second kappa shape index (κ2) is 2.24. The first-order valence-corrected chi connectivity index (χ1v) is 7.21. The number of rotatable bonds is 0. The summed E-state index contributed by atoms with van der Waals surface area (Å²) in [5.41, 5.74) is 0. The molecule has 0 aromatic heterocycles. The molecule has 0 amide bonds. The van der Waals surface area contributed by atoms with E-state index in [9.17, 15) is 0 Å². The van der Waals surface area contributed by atoms with Gasteiger partial charge in [0.2, 0.25) is 0 Å². The van der Waals surface area contributed by atoms with Crippen LogP contribution in [-0.2, 0) is 9.47 Å². The Morgan fingerprint density at radius 1 is 0.562 bits per heavy atom. The van der Waals surface area contributed by atoms with Crippen molar-refractivity contribution in [2.24, 2.45) is 35.5 Å². The molecule has 0 radical (unpaired) electrons. The Morgan fingerprint density at radius 3 is 2.06 bits per heavy atom. The molecule has 2 heteroatoms. The summed E-state index contributed by atoms with van der Waals surface area (Å²) in [6, 6.07) is 0. The van der Waals surface area contributed by atoms with Crippen molar-refractivity contribution in [1.29, 1.82) is 0 Å². The van der Waals surface area contributed by atoms with Crippen molar-refractivity contribution in [2.75, 3.05) is 0 Å². The summed E-state index contributed by atoms with van der Waals surface area (Å²) in [5, 5.41) is 0. The average molecular weight is 218 g/mol. The molecule has 6 rings (SSSR count). The lowest BCUT2D eigenvalue weighted by Crippen LogP contribution is -2.38. The molecule has 4 saturated carbocycles. The molecule has 86 valence electrons. The van der Waals surface area contributed by atoms with Crippen molar-refractivity contribution in [1.82, 2.24) is 0 Å². The fraction of sp³-hybridized carbons (Fsp3) is 1.00. The maximum atomic E-state index is 5.81. The fourth-order valence-electron chi connectivity index (χ4n) is 6.44. The smallest absolute Gasteiger partial charge is 0.0875 e. The first kappa shape index (κ1) is 8.10. The Hall–Kier alpha value is -0.0800. The molecule has 10 atom stereocenters. The normalized spacial score (nSPS) is 76.5. The second-order valence-electron chi connectivity index (χ2n) is 7.19. The minimum Gasteiger partial charge on any atom is -0.370 e. The zero-order valence-corrected chi connectivity index (χ0v) is 9.42. The van der Waals surface area contributed by atoms with Crippen LogP contribution in [0.4, 0.5) is 0 Å². The highest BCUT2D eigenvalue weighted by Gasteiger charge is 2.70. The standard InChI is InChI=1S/C14H18O2/c1-5-6-2-10-11(15-10)3-7(6)8(1)13-9(5)4-12-14(13)16-12/h5-14H,1-4H2. The summed E-state index contributed by atoms with van der Waals surface area (Å²) in [5.74, 6) is 6.21. The minimum atomic E-state index is 0.677. The molecule has 6 fully saturated rings. The first-order valence-electron chi connectivity index (χ1n) is 7.21. The SMILES string of the molecule is C1C2OC2CC2C1C1CC2C2C1CC1OC12. The highest BCUT2D eigenvalue weighted by molar-refractivity contribution is 5.18. The van der Waals surface area contributed by atoms with E-state index in [0.717, 1.165) is 35.5 Å². The maximum Gasteiger partial charge on any atom is 0.0875 e. The lowest BCUT2D eigenvalue weighted by molar-refractivity contribution is 0.0502. The minimum absolute atomic E-state index is 0.677. The second-order valence-corrected chi connectivity index (χ2v) is 7.19. The van der Waals surface area contributed by atoms with Crippen LogP contribution in [0.15, 0.2) is 0 Å². The van der Waals surface area contributed by atoms with Crippen LogP contribution in [0, 0.1) is 35.5 Å². The van der Waals surface area contributed by atoms with Gasteiger partial charge in [-0.05, 0) is 61.2 Å². The van der Waals surface area contributed by atoms with Gasteiger partial charge in [0.1, 0.15) is 0 Å². The van der Waals surface area contributed by atoms with Crippen molar-refractivity contribution in [3.63, 3.8) is 0 Å². The van der Waals surface area contributed by atoms with E-state index in [-0.39, 0.29) is 0 Å². The summed E-state index contributed by atoms with van der Waals surface area (Å²) in [7, 11) is 0. The molecule has 2 heterocycles. The summed E-state index contributed by atoms with van der Waals surface area (Å²) in [4.78, 5) is 0. The van der Waals surface area contributed by atoms with Crippen LogP contribution in [0.1, 0.15) is 25.7 Å². The first-order chi connectivity index (χ1) is 7.90. The predicted molar refractivity (Wildman–Crippen MR) is 56.7 cm³/mol. The van der Waals surface area contributed by atoms with Gasteiger partial charge in [-0.2, -0.15) is 0 Å². The lowest BCUT2D eigenvalue weighted by Gasteiger charge is -2.40. The molecular weight excluding hydrogens is 200 g/mol. The van der Waals surface area contributed by atoms with Gasteiger partial charge in [0.05, 0.1) is 24.4 Å². The number of ether oxygens (including phenoxy) is 2. The predicted octanol–water partition coefficient (Wildman–Crippen LogP) is 1.83. The third-order valence-electron chi connectivity index (χ3n) is 6.94. The molecule has 0 aromatic carbocycles. The van der Waals surface area contributed by atoms with E-state index in [4.69, 9.17) is 9.47 Å². The molecule has 0 aromatic rings. The Balaban J connectivity index is 1.42. The van der Waals surface area contributed by atoms with Gasteiger partial charge < -0.3 is 9.47 Å². The van der Waals surface area contributed by atoms with Gasteiger partial charge in [-0.1, -0.05) is 0 Å². The largest absolute Gasteiger partial charge is 0.370 e. The van der Waals surface area contributed by atoms with Crippen molar-refractivity contribution >= 4 is 0 Å². The van der Waals surface area contributed by atoms with Gasteiger partial charge >= 0.3 is 0 Å². The summed E-state index contributed by atoms with van der Waals surface area (Å²) < 4.78 is 11.6. The van der Waals surface area contributed by atoms with Gasteiger partial charge in [-0.3, -0.25) is 0 Å². The Bertz CT molecular complexity index is 379. The third-order valence-corrected chi connectivity index (χ3v) is 6.94. The fourth-order valence-corrected chi connectivity index (χ4v) is 6.44. The molecule has 10 unspecified atom stereocenters. The monoisotopic (exact) mass is 218 g/mol. The summed E-state index contributed by atoms with van der Waals surface area (Å²) >= 11 is 0. The molecule has 2 nitrogen and oxygen atoms in total. The number of fused-ring (bicyclic) bond motifs is 11. The van der Waals surface area contributed by atoms with E-state index in [1.165, 1.54) is 19.3 Å². The van der Waals surface area contributed by atoms with Crippen molar-refractivity contribution < 1.29 is 9.47 Å². The molecule has 6 aliphatic rings. The van der Waals surface area contributed by atoms with Gasteiger partial charge in [0.15, 0.2) is 0 Å². The quantitative estimate of drug-likeness (QED) is 0.580. The summed E-state index contributed by atoms with van der Waals surface area (Å²) in [6.45, 7) is 0. The topological polar surface area (TPSA) is 25.1 Å². The Morgan fingerprint density at radius 2 is 1.19 bits per heavy atom. The number of hydrogen-bond donors (Lipinski definition) is 0. The number of epoxide rings is 2. The van der Waals surface area contributed by atoms with E-state index in [2.05, 4.69) is 0 Å². The van der Waals surface area contributed by atoms with Crippen molar-refractivity contribution in [2.45, 2.75) is 50.1 Å². The average Bonchev–Trinajstić information content (AvgIpc) is 3.10. The molecule has 2 bridgehead atoms. The molecule has 0 N–H and O–H groups in total. The lowest BCUT2D eigenvalue weighted by atomic mass is 9.64. The number of hydrogen-bond acceptors (Lipinski definition) is 2. The molecule has 16 heavy (non-hydrogen) atoms. The molecule has 4 aliphatic carbocycles. The third kappa shape index (κ3) is 0.743. The van der Waals surface area contributed by atoms with Crippen molar-refractivity contribution in [3.8, 4) is 0 Å². The van der Waals surface area contributed by atoms with Crippen LogP contribution in [0.2, 0.25) is 0 Å². The van der Waals surface area contributed by atoms with Crippen LogP contribution in [0.25, 0.3) is 0 Å². The van der Waals surface area contributed by atoms with Gasteiger partial charge in [-0.25, -0.2) is 0 Å². The highest BCUT2D eigenvalue weighted by atomic mass is 16.6. The van der Waals surface area contributed by atoms with E-state index >= 15 is 0 Å². The van der Waals surface area contributed by atoms with E-state index in [0.29, 0.717) is 24.4 Å². The molecular formula is C14H18O2. The van der Waals surface area contributed by atoms with E-state index in [1.54, 1.807) is 6.42 Å². The summed E-state index contributed by atoms with van der Waals surface area (Å²) in [6.07, 6.45) is 8.55. The Kier molecular flexibility index (Phi) is 1.13. The van der Waals surface area contributed by atoms with Crippen molar-refractivity contribution in [3.05, 3.63) is 0 Å². The van der Waals surface area contributed by atoms with E-state index < -0.39 is 0 Å². The van der Waals surface area contributed by atoms with Crippen LogP contribution in [0.5, 0.6) is 0 Å². The van der Waals surface area contributed by atoms with Crippen LogP contribution in [-0.4, -0.2) is 24.4 Å². The Labute approximate surface area is 95.7 Å². The molecule has 0 spiro atoms. The molecule has 2 aliphatic heterocycles. The highest BCUT2D eigenvalue weighted by Crippen LogP contribution is 2.70. The van der Waals surface area contributed by atoms with Gasteiger partial charge in [-0.15, -0.1) is 0 Å². The van der Waals surface area contributed by atoms with E-state index in [1.807, 2.05) is 0 Å². The molecule has 2 saturated heterocycles. The zero-order chi connectivity index (χ0) is 10.0. The van der Waals surface area contributed by atoms with Crippen LogP contribution < -0.4 is 0 Å². The van der Waals surface area contributed by atoms with Gasteiger partial charge in [0.25, 0.3) is 0 Å². The van der Waals surface area contributed by atoms with Crippen LogP contribution >= 0.6 is 0 Å². The van der Waals surface area contributed by atoms with Gasteiger partial charge in [0, 0.05) is 0 Å². The zero-order valence-electron chi connectivity index (χ0n) is 9.42.